The Morgan fingerprint density at radius 3 is 2.05 bits per heavy atom. The number of rotatable bonds is 4. The van der Waals surface area contributed by atoms with E-state index in [-0.39, 0.29) is 22.7 Å². The quantitative estimate of drug-likeness (QED) is 0.825. The molecule has 1 heterocycles. The molecule has 1 aliphatic rings. The van der Waals surface area contributed by atoms with Gasteiger partial charge in [-0.15, -0.1) is 0 Å². The average Bonchev–Trinajstić information content (AvgIpc) is 2.31. The van der Waals surface area contributed by atoms with E-state index < -0.39 is 5.60 Å². The number of hydrogen-bond acceptors (Lipinski definition) is 3. The van der Waals surface area contributed by atoms with Crippen molar-refractivity contribution in [3.63, 3.8) is 0 Å². The van der Waals surface area contributed by atoms with Crippen molar-refractivity contribution in [2.45, 2.75) is 90.6 Å². The normalized spacial score (nSPS) is 29.2. The van der Waals surface area contributed by atoms with Gasteiger partial charge in [0.1, 0.15) is 0 Å². The largest absolute Gasteiger partial charge is 0.390 e. The Hall–Kier alpha value is -0.120. The van der Waals surface area contributed by atoms with Crippen LogP contribution >= 0.6 is 0 Å². The lowest BCUT2D eigenvalue weighted by Gasteiger charge is -2.38. The molecule has 0 radical (unpaired) electrons. The monoisotopic (exact) mass is 271 g/mol. The van der Waals surface area contributed by atoms with Crippen LogP contribution in [0.3, 0.4) is 0 Å². The predicted molar refractivity (Wildman–Crippen MR) is 80.3 cm³/mol. The smallest absolute Gasteiger partial charge is 0.0690 e. The van der Waals surface area contributed by atoms with Gasteiger partial charge in [-0.25, -0.2) is 0 Å². The van der Waals surface area contributed by atoms with Gasteiger partial charge in [0.15, 0.2) is 0 Å². The molecule has 2 atom stereocenters. The fraction of sp³-hybridized carbons (Fsp3) is 1.00. The average molecular weight is 271 g/mol. The maximum Gasteiger partial charge on any atom is 0.0690 e. The fourth-order valence-electron chi connectivity index (χ4n) is 3.40. The Bertz CT molecular complexity index is 313. The molecule has 0 amide bonds. The molecule has 0 spiro atoms. The van der Waals surface area contributed by atoms with Crippen molar-refractivity contribution in [3.8, 4) is 0 Å². The van der Waals surface area contributed by atoms with E-state index in [1.807, 2.05) is 6.92 Å². The summed E-state index contributed by atoms with van der Waals surface area (Å²) in [5.74, 6) is 0.164. The Morgan fingerprint density at radius 1 is 1.16 bits per heavy atom. The number of nitrogens with one attached hydrogen (secondary N) is 1. The minimum Gasteiger partial charge on any atom is -0.390 e. The van der Waals surface area contributed by atoms with Gasteiger partial charge in [-0.3, -0.25) is 0 Å². The molecule has 114 valence electrons. The van der Waals surface area contributed by atoms with E-state index >= 15 is 0 Å². The van der Waals surface area contributed by atoms with Crippen LogP contribution in [0.5, 0.6) is 0 Å². The Kier molecular flexibility index (Phi) is 4.47. The van der Waals surface area contributed by atoms with Gasteiger partial charge < -0.3 is 15.2 Å². The van der Waals surface area contributed by atoms with E-state index in [9.17, 15) is 5.11 Å². The molecule has 0 saturated carbocycles. The van der Waals surface area contributed by atoms with E-state index in [1.54, 1.807) is 0 Å². The highest BCUT2D eigenvalue weighted by Crippen LogP contribution is 2.47. The summed E-state index contributed by atoms with van der Waals surface area (Å²) >= 11 is 0. The van der Waals surface area contributed by atoms with Gasteiger partial charge in [-0.1, -0.05) is 0 Å². The molecule has 2 N–H and O–H groups in total. The molecule has 0 bridgehead atoms. The van der Waals surface area contributed by atoms with Crippen LogP contribution in [0.4, 0.5) is 0 Å². The van der Waals surface area contributed by atoms with Crippen LogP contribution in [-0.4, -0.2) is 34.0 Å². The summed E-state index contributed by atoms with van der Waals surface area (Å²) in [5, 5.41) is 14.3. The lowest BCUT2D eigenvalue weighted by molar-refractivity contribution is -0.110. The zero-order valence-corrected chi connectivity index (χ0v) is 14.1. The summed E-state index contributed by atoms with van der Waals surface area (Å²) in [6.07, 6.45) is 1.65. The third-order valence-electron chi connectivity index (χ3n) is 4.11. The molecule has 0 aliphatic carbocycles. The first-order valence-electron chi connectivity index (χ1n) is 7.43. The zero-order chi connectivity index (χ0) is 15.1. The van der Waals surface area contributed by atoms with E-state index in [1.165, 1.54) is 0 Å². The summed E-state index contributed by atoms with van der Waals surface area (Å²) in [6.45, 7) is 17.6. The lowest BCUT2D eigenvalue weighted by Crippen LogP contribution is -2.47. The molecule has 1 rings (SSSR count). The first kappa shape index (κ1) is 16.9. The molecule has 0 aromatic heterocycles. The molecule has 19 heavy (non-hydrogen) atoms. The SMILES string of the molecule is CC(C)(C)NCCC(C)(O)C1CC(C)(C)OC1(C)C. The molecule has 2 unspecified atom stereocenters. The fourth-order valence-corrected chi connectivity index (χ4v) is 3.40. The summed E-state index contributed by atoms with van der Waals surface area (Å²) in [7, 11) is 0. The van der Waals surface area contributed by atoms with Crippen LogP contribution < -0.4 is 5.32 Å². The number of hydrogen-bond donors (Lipinski definition) is 2. The Morgan fingerprint density at radius 2 is 1.68 bits per heavy atom. The van der Waals surface area contributed by atoms with E-state index in [2.05, 4.69) is 53.8 Å². The molecular formula is C16H33NO2. The van der Waals surface area contributed by atoms with E-state index in [4.69, 9.17) is 4.74 Å². The first-order chi connectivity index (χ1) is 8.25. The van der Waals surface area contributed by atoms with Crippen molar-refractivity contribution in [1.29, 1.82) is 0 Å². The third-order valence-corrected chi connectivity index (χ3v) is 4.11. The number of ether oxygens (including phenoxy) is 1. The highest BCUT2D eigenvalue weighted by Gasteiger charge is 2.52. The lowest BCUT2D eigenvalue weighted by atomic mass is 9.74. The van der Waals surface area contributed by atoms with Gasteiger partial charge in [0, 0.05) is 11.5 Å². The molecule has 1 saturated heterocycles. The minimum absolute atomic E-state index is 0.0943. The van der Waals surface area contributed by atoms with E-state index in [0.717, 1.165) is 19.4 Å². The summed E-state index contributed by atoms with van der Waals surface area (Å²) in [5.41, 5.74) is -1.02. The van der Waals surface area contributed by atoms with Gasteiger partial charge in [0.2, 0.25) is 0 Å². The molecule has 3 nitrogen and oxygen atoms in total. The minimum atomic E-state index is -0.699. The predicted octanol–water partition coefficient (Wildman–Crippen LogP) is 3.11. The van der Waals surface area contributed by atoms with Crippen LogP contribution in [-0.2, 0) is 4.74 Å². The molecule has 0 aromatic carbocycles. The Balaban J connectivity index is 2.67. The zero-order valence-electron chi connectivity index (χ0n) is 14.1. The van der Waals surface area contributed by atoms with Crippen molar-refractivity contribution in [2.75, 3.05) is 6.54 Å². The number of aliphatic hydroxyl groups is 1. The maximum absolute atomic E-state index is 10.9. The van der Waals surface area contributed by atoms with Gasteiger partial charge in [0.05, 0.1) is 16.8 Å². The van der Waals surface area contributed by atoms with Crippen LogP contribution in [0.2, 0.25) is 0 Å². The highest BCUT2D eigenvalue weighted by atomic mass is 16.5. The maximum atomic E-state index is 10.9. The van der Waals surface area contributed by atoms with Crippen LogP contribution in [0.25, 0.3) is 0 Å². The van der Waals surface area contributed by atoms with Crippen molar-refractivity contribution < 1.29 is 9.84 Å². The molecule has 3 heteroatoms. The van der Waals surface area contributed by atoms with E-state index in [0.29, 0.717) is 0 Å². The second-order valence-corrected chi connectivity index (χ2v) is 8.51. The van der Waals surface area contributed by atoms with Crippen molar-refractivity contribution in [3.05, 3.63) is 0 Å². The second-order valence-electron chi connectivity index (χ2n) is 8.51. The van der Waals surface area contributed by atoms with Crippen LogP contribution in [0, 0.1) is 5.92 Å². The second kappa shape index (κ2) is 5.01. The third kappa shape index (κ3) is 4.73. The first-order valence-corrected chi connectivity index (χ1v) is 7.43. The van der Waals surface area contributed by atoms with Crippen molar-refractivity contribution in [2.24, 2.45) is 5.92 Å². The molecule has 1 aliphatic heterocycles. The van der Waals surface area contributed by atoms with Crippen LogP contribution in [0.1, 0.15) is 68.2 Å². The molecule has 0 aromatic rings. The molecule has 1 fully saturated rings. The van der Waals surface area contributed by atoms with Crippen LogP contribution in [0.15, 0.2) is 0 Å². The van der Waals surface area contributed by atoms with Gasteiger partial charge in [0.25, 0.3) is 0 Å². The molecular weight excluding hydrogens is 238 g/mol. The van der Waals surface area contributed by atoms with Crippen molar-refractivity contribution >= 4 is 0 Å². The Labute approximate surface area is 119 Å². The standard InChI is InChI=1S/C16H33NO2/c1-13(2,3)17-10-9-16(8,18)12-11-14(4,5)19-15(12,6)7/h12,17-18H,9-11H2,1-8H3. The van der Waals surface area contributed by atoms with Gasteiger partial charge >= 0.3 is 0 Å². The topological polar surface area (TPSA) is 41.5 Å². The van der Waals surface area contributed by atoms with Gasteiger partial charge in [-0.2, -0.15) is 0 Å². The summed E-state index contributed by atoms with van der Waals surface area (Å²) < 4.78 is 6.10. The van der Waals surface area contributed by atoms with Crippen molar-refractivity contribution in [1.82, 2.24) is 5.32 Å². The summed E-state index contributed by atoms with van der Waals surface area (Å²) in [6, 6.07) is 0. The summed E-state index contributed by atoms with van der Waals surface area (Å²) in [4.78, 5) is 0. The van der Waals surface area contributed by atoms with Gasteiger partial charge in [-0.05, 0) is 74.8 Å². The highest BCUT2D eigenvalue weighted by molar-refractivity contribution is 5.02.